The Hall–Kier alpha value is -1.10. The first-order valence-corrected chi connectivity index (χ1v) is 6.36. The molecule has 98 valence electrons. The molecule has 1 saturated heterocycles. The first-order chi connectivity index (χ1) is 8.13. The zero-order valence-electron chi connectivity index (χ0n) is 10.4. The van der Waals surface area contributed by atoms with Crippen molar-refractivity contribution in [3.8, 4) is 0 Å². The standard InChI is InChI=1S/C12H22N2O3/c1-2-10(15)8-13-11(16)9-14-7-5-3-4-6-12(14)17/h10,15H,2-9H2,1H3,(H,13,16). The van der Waals surface area contributed by atoms with E-state index in [1.54, 1.807) is 4.90 Å². The van der Waals surface area contributed by atoms with Crippen LogP contribution in [0.25, 0.3) is 0 Å². The molecule has 1 fully saturated rings. The van der Waals surface area contributed by atoms with Crippen LogP contribution < -0.4 is 5.32 Å². The van der Waals surface area contributed by atoms with Gasteiger partial charge < -0.3 is 15.3 Å². The number of carbonyl (C=O) groups excluding carboxylic acids is 2. The zero-order chi connectivity index (χ0) is 12.7. The highest BCUT2D eigenvalue weighted by Crippen LogP contribution is 2.10. The van der Waals surface area contributed by atoms with E-state index in [2.05, 4.69) is 5.32 Å². The lowest BCUT2D eigenvalue weighted by Crippen LogP contribution is -2.42. The quantitative estimate of drug-likeness (QED) is 0.727. The van der Waals surface area contributed by atoms with Crippen molar-refractivity contribution in [1.29, 1.82) is 0 Å². The van der Waals surface area contributed by atoms with E-state index in [-0.39, 0.29) is 24.9 Å². The monoisotopic (exact) mass is 242 g/mol. The van der Waals surface area contributed by atoms with Gasteiger partial charge in [0.05, 0.1) is 12.6 Å². The molecular weight excluding hydrogens is 220 g/mol. The summed E-state index contributed by atoms with van der Waals surface area (Å²) in [5.74, 6) is -0.124. The van der Waals surface area contributed by atoms with Gasteiger partial charge in [0.15, 0.2) is 0 Å². The van der Waals surface area contributed by atoms with Gasteiger partial charge in [-0.3, -0.25) is 9.59 Å². The number of nitrogens with one attached hydrogen (secondary N) is 1. The van der Waals surface area contributed by atoms with Gasteiger partial charge in [0.1, 0.15) is 0 Å². The molecule has 5 nitrogen and oxygen atoms in total. The number of aliphatic hydroxyl groups excluding tert-OH is 1. The molecule has 1 aliphatic rings. The summed E-state index contributed by atoms with van der Waals surface area (Å²) >= 11 is 0. The average molecular weight is 242 g/mol. The summed E-state index contributed by atoms with van der Waals surface area (Å²) in [4.78, 5) is 24.8. The van der Waals surface area contributed by atoms with E-state index in [4.69, 9.17) is 0 Å². The van der Waals surface area contributed by atoms with Gasteiger partial charge in [0.2, 0.25) is 11.8 Å². The second kappa shape index (κ2) is 7.27. The van der Waals surface area contributed by atoms with Crippen LogP contribution in [0.2, 0.25) is 0 Å². The van der Waals surface area contributed by atoms with Crippen molar-refractivity contribution in [3.63, 3.8) is 0 Å². The summed E-state index contributed by atoms with van der Waals surface area (Å²) in [6.45, 7) is 2.91. The first-order valence-electron chi connectivity index (χ1n) is 6.36. The van der Waals surface area contributed by atoms with Gasteiger partial charge in [-0.1, -0.05) is 13.3 Å². The Kier molecular flexibility index (Phi) is 5.97. The van der Waals surface area contributed by atoms with E-state index >= 15 is 0 Å². The normalized spacial score (nSPS) is 18.7. The molecule has 0 radical (unpaired) electrons. The molecule has 0 aromatic carbocycles. The number of amides is 2. The first kappa shape index (κ1) is 14.0. The Morgan fingerprint density at radius 3 is 2.94 bits per heavy atom. The highest BCUT2D eigenvalue weighted by molar-refractivity contribution is 5.84. The van der Waals surface area contributed by atoms with Crippen molar-refractivity contribution in [2.75, 3.05) is 19.6 Å². The Labute approximate surface area is 102 Å². The molecule has 1 unspecified atom stereocenters. The maximum absolute atomic E-state index is 11.6. The molecule has 0 aliphatic carbocycles. The van der Waals surface area contributed by atoms with Gasteiger partial charge in [0.25, 0.3) is 0 Å². The molecule has 0 saturated carbocycles. The number of nitrogens with zero attached hydrogens (tertiary/aromatic N) is 1. The Morgan fingerprint density at radius 2 is 2.24 bits per heavy atom. The number of rotatable bonds is 5. The topological polar surface area (TPSA) is 69.6 Å². The van der Waals surface area contributed by atoms with Crippen molar-refractivity contribution >= 4 is 11.8 Å². The Bertz CT molecular complexity index is 268. The summed E-state index contributed by atoms with van der Waals surface area (Å²) in [6, 6.07) is 0. The molecule has 2 N–H and O–H groups in total. The maximum Gasteiger partial charge on any atom is 0.239 e. The minimum absolute atomic E-state index is 0.0636. The second-order valence-corrected chi connectivity index (χ2v) is 4.49. The van der Waals surface area contributed by atoms with Crippen LogP contribution in [0.5, 0.6) is 0 Å². The van der Waals surface area contributed by atoms with Gasteiger partial charge >= 0.3 is 0 Å². The van der Waals surface area contributed by atoms with Crippen LogP contribution in [0.3, 0.4) is 0 Å². The molecule has 17 heavy (non-hydrogen) atoms. The van der Waals surface area contributed by atoms with Crippen molar-refractivity contribution in [2.24, 2.45) is 0 Å². The number of hydrogen-bond acceptors (Lipinski definition) is 3. The summed E-state index contributed by atoms with van der Waals surface area (Å²) < 4.78 is 0. The van der Waals surface area contributed by atoms with Gasteiger partial charge in [-0.15, -0.1) is 0 Å². The van der Waals surface area contributed by atoms with Gasteiger partial charge in [0, 0.05) is 19.5 Å². The predicted molar refractivity (Wildman–Crippen MR) is 64.4 cm³/mol. The minimum Gasteiger partial charge on any atom is -0.391 e. The van der Waals surface area contributed by atoms with Crippen LogP contribution in [0, 0.1) is 0 Å². The molecule has 1 atom stereocenters. The maximum atomic E-state index is 11.6. The smallest absolute Gasteiger partial charge is 0.239 e. The Morgan fingerprint density at radius 1 is 1.47 bits per heavy atom. The minimum atomic E-state index is -0.501. The van der Waals surface area contributed by atoms with E-state index in [1.807, 2.05) is 6.92 Å². The van der Waals surface area contributed by atoms with Crippen LogP contribution in [-0.2, 0) is 9.59 Å². The highest BCUT2D eigenvalue weighted by atomic mass is 16.3. The highest BCUT2D eigenvalue weighted by Gasteiger charge is 2.19. The van der Waals surface area contributed by atoms with Gasteiger partial charge in [-0.25, -0.2) is 0 Å². The molecule has 0 aromatic heterocycles. The van der Waals surface area contributed by atoms with Crippen molar-refractivity contribution in [2.45, 2.75) is 45.1 Å². The Balaban J connectivity index is 2.31. The molecule has 0 bridgehead atoms. The summed E-state index contributed by atoms with van der Waals surface area (Å²) in [7, 11) is 0. The van der Waals surface area contributed by atoms with Crippen molar-refractivity contribution in [3.05, 3.63) is 0 Å². The molecule has 0 aromatic rings. The fraction of sp³-hybridized carbons (Fsp3) is 0.833. The third-order valence-corrected chi connectivity index (χ3v) is 3.01. The number of hydrogen-bond donors (Lipinski definition) is 2. The van der Waals surface area contributed by atoms with E-state index in [1.165, 1.54) is 0 Å². The third kappa shape index (κ3) is 5.17. The van der Waals surface area contributed by atoms with E-state index in [0.717, 1.165) is 19.3 Å². The van der Waals surface area contributed by atoms with Crippen LogP contribution in [-0.4, -0.2) is 47.6 Å². The van der Waals surface area contributed by atoms with E-state index < -0.39 is 6.10 Å². The lowest BCUT2D eigenvalue weighted by atomic mass is 10.2. The summed E-state index contributed by atoms with van der Waals surface area (Å²) in [5, 5.41) is 12.0. The molecule has 2 amide bonds. The largest absolute Gasteiger partial charge is 0.391 e. The lowest BCUT2D eigenvalue weighted by Gasteiger charge is -2.20. The lowest BCUT2D eigenvalue weighted by molar-refractivity contribution is -0.135. The van der Waals surface area contributed by atoms with Crippen LogP contribution in [0.1, 0.15) is 39.0 Å². The zero-order valence-corrected chi connectivity index (χ0v) is 10.4. The number of carbonyl (C=O) groups is 2. The predicted octanol–water partition coefficient (Wildman–Crippen LogP) is 0.276. The number of likely N-dealkylation sites (tertiary alicyclic amines) is 1. The van der Waals surface area contributed by atoms with Gasteiger partial charge in [-0.2, -0.15) is 0 Å². The second-order valence-electron chi connectivity index (χ2n) is 4.49. The molecule has 5 heteroatoms. The number of aliphatic hydroxyl groups is 1. The third-order valence-electron chi connectivity index (χ3n) is 3.01. The van der Waals surface area contributed by atoms with E-state index in [9.17, 15) is 14.7 Å². The molecular formula is C12H22N2O3. The van der Waals surface area contributed by atoms with Crippen molar-refractivity contribution < 1.29 is 14.7 Å². The van der Waals surface area contributed by atoms with E-state index in [0.29, 0.717) is 19.4 Å². The van der Waals surface area contributed by atoms with Crippen LogP contribution in [0.15, 0.2) is 0 Å². The molecule has 1 rings (SSSR count). The fourth-order valence-electron chi connectivity index (χ4n) is 1.81. The summed E-state index contributed by atoms with van der Waals surface area (Å²) in [6.07, 6.45) is 3.60. The van der Waals surface area contributed by atoms with Crippen LogP contribution in [0.4, 0.5) is 0 Å². The van der Waals surface area contributed by atoms with Crippen molar-refractivity contribution in [1.82, 2.24) is 10.2 Å². The molecule has 1 aliphatic heterocycles. The summed E-state index contributed by atoms with van der Waals surface area (Å²) in [5.41, 5.74) is 0. The fourth-order valence-corrected chi connectivity index (χ4v) is 1.81. The van der Waals surface area contributed by atoms with Crippen LogP contribution >= 0.6 is 0 Å². The van der Waals surface area contributed by atoms with Gasteiger partial charge in [-0.05, 0) is 19.3 Å². The average Bonchev–Trinajstić information content (AvgIpc) is 2.52. The molecule has 0 spiro atoms. The molecule has 1 heterocycles. The SMILES string of the molecule is CCC(O)CNC(=O)CN1CCCCCC1=O.